The number of hydrogen-bond donors (Lipinski definition) is 1. The average Bonchev–Trinajstić information content (AvgIpc) is 2.43. The lowest BCUT2D eigenvalue weighted by Crippen LogP contribution is -2.30. The second kappa shape index (κ2) is 5.82. The molecule has 0 amide bonds. The Morgan fingerprint density at radius 3 is 2.80 bits per heavy atom. The number of benzene rings is 1. The summed E-state index contributed by atoms with van der Waals surface area (Å²) in [6.07, 6.45) is 1.99. The molecule has 0 saturated heterocycles. The van der Waals surface area contributed by atoms with Crippen molar-refractivity contribution in [3.05, 3.63) is 36.5 Å². The Morgan fingerprint density at radius 1 is 1.35 bits per heavy atom. The summed E-state index contributed by atoms with van der Waals surface area (Å²) in [4.78, 5) is 4.71. The third-order valence-corrected chi connectivity index (χ3v) is 5.09. The molecule has 2 N–H and O–H groups in total. The minimum atomic E-state index is -3.58. The summed E-state index contributed by atoms with van der Waals surface area (Å²) in [5.74, 6) is 0. The molecular weight excluding hydrogens is 294 g/mol. The van der Waals surface area contributed by atoms with Crippen LogP contribution in [0.2, 0.25) is 0 Å². The molecule has 20 heavy (non-hydrogen) atoms. The summed E-state index contributed by atoms with van der Waals surface area (Å²) in [5, 5.41) is 0.608. The van der Waals surface area contributed by atoms with Gasteiger partial charge >= 0.3 is 0 Å². The smallest absolute Gasteiger partial charge is 0.243 e. The van der Waals surface area contributed by atoms with Gasteiger partial charge in [0.25, 0.3) is 0 Å². The summed E-state index contributed by atoms with van der Waals surface area (Å²) in [5.41, 5.74) is 6.06. The average molecular weight is 309 g/mol. The molecule has 106 valence electrons. The third kappa shape index (κ3) is 2.95. The maximum Gasteiger partial charge on any atom is 0.243 e. The van der Waals surface area contributed by atoms with Crippen LogP contribution in [-0.2, 0) is 10.0 Å². The van der Waals surface area contributed by atoms with E-state index in [1.54, 1.807) is 36.5 Å². The van der Waals surface area contributed by atoms with Gasteiger partial charge in [0.1, 0.15) is 0 Å². The van der Waals surface area contributed by atoms with Crippen molar-refractivity contribution in [2.45, 2.75) is 11.3 Å². The number of sulfonamides is 1. The molecule has 0 spiro atoms. The van der Waals surface area contributed by atoms with Gasteiger partial charge in [-0.15, -0.1) is 0 Å². The van der Waals surface area contributed by atoms with Gasteiger partial charge in [-0.2, -0.15) is 0 Å². The van der Waals surface area contributed by atoms with E-state index in [1.165, 1.54) is 11.4 Å². The fraction of sp³-hybridized carbons (Fsp3) is 0.231. The molecule has 7 heteroatoms. The number of nitrogens with two attached hydrogens (primary N) is 1. The van der Waals surface area contributed by atoms with E-state index in [9.17, 15) is 8.42 Å². The zero-order chi connectivity index (χ0) is 14.8. The number of hydrogen-bond acceptors (Lipinski definition) is 4. The quantitative estimate of drug-likeness (QED) is 0.848. The standard InChI is InChI=1S/C13H15N3O2S2/c1-16(9-7-13(14)19)20(17,18)12-6-2-5-11-10(12)4-3-8-15-11/h2-6,8H,7,9H2,1H3,(H2,14,19). The summed E-state index contributed by atoms with van der Waals surface area (Å²) in [7, 11) is -2.07. The zero-order valence-corrected chi connectivity index (χ0v) is 12.6. The number of pyridine rings is 1. The lowest BCUT2D eigenvalue weighted by atomic mass is 10.2. The van der Waals surface area contributed by atoms with Crippen LogP contribution in [0.15, 0.2) is 41.4 Å². The molecule has 0 fully saturated rings. The van der Waals surface area contributed by atoms with E-state index in [4.69, 9.17) is 18.0 Å². The highest BCUT2D eigenvalue weighted by Crippen LogP contribution is 2.23. The molecular formula is C13H15N3O2S2. The van der Waals surface area contributed by atoms with Crippen LogP contribution in [0, 0.1) is 0 Å². The van der Waals surface area contributed by atoms with Crippen molar-refractivity contribution < 1.29 is 8.42 Å². The summed E-state index contributed by atoms with van der Waals surface area (Å²) < 4.78 is 26.4. The van der Waals surface area contributed by atoms with Crippen molar-refractivity contribution in [1.82, 2.24) is 9.29 Å². The topological polar surface area (TPSA) is 76.3 Å². The molecule has 1 aromatic carbocycles. The Labute approximate surface area is 123 Å². The Kier molecular flexibility index (Phi) is 4.32. The molecule has 0 bridgehead atoms. The number of nitrogens with zero attached hydrogens (tertiary/aromatic N) is 2. The first kappa shape index (κ1) is 14.8. The van der Waals surface area contributed by atoms with Crippen LogP contribution in [0.5, 0.6) is 0 Å². The van der Waals surface area contributed by atoms with E-state index in [2.05, 4.69) is 4.98 Å². The fourth-order valence-corrected chi connectivity index (χ4v) is 3.32. The highest BCUT2D eigenvalue weighted by Gasteiger charge is 2.22. The predicted molar refractivity (Wildman–Crippen MR) is 83.0 cm³/mol. The van der Waals surface area contributed by atoms with Gasteiger partial charge in [0.05, 0.1) is 15.4 Å². The molecule has 0 radical (unpaired) electrons. The molecule has 1 aromatic heterocycles. The van der Waals surface area contributed by atoms with Crippen LogP contribution < -0.4 is 5.73 Å². The SMILES string of the molecule is CN(CCC(N)=S)S(=O)(=O)c1cccc2ncccc12. The minimum Gasteiger partial charge on any atom is -0.393 e. The van der Waals surface area contributed by atoms with Crippen LogP contribution in [-0.4, -0.2) is 36.3 Å². The second-order valence-electron chi connectivity index (χ2n) is 4.37. The lowest BCUT2D eigenvalue weighted by Gasteiger charge is -2.17. The van der Waals surface area contributed by atoms with E-state index >= 15 is 0 Å². The van der Waals surface area contributed by atoms with E-state index in [0.717, 1.165) is 0 Å². The number of aromatic nitrogens is 1. The van der Waals surface area contributed by atoms with E-state index in [1.807, 2.05) is 0 Å². The van der Waals surface area contributed by atoms with Gasteiger partial charge in [0.2, 0.25) is 10.0 Å². The van der Waals surface area contributed by atoms with Crippen LogP contribution in [0.25, 0.3) is 10.9 Å². The van der Waals surface area contributed by atoms with Gasteiger partial charge in [0, 0.05) is 31.6 Å². The summed E-state index contributed by atoms with van der Waals surface area (Å²) >= 11 is 4.78. The van der Waals surface area contributed by atoms with E-state index in [-0.39, 0.29) is 11.4 Å². The van der Waals surface area contributed by atoms with Gasteiger partial charge in [-0.3, -0.25) is 4.98 Å². The van der Waals surface area contributed by atoms with Crippen LogP contribution in [0.3, 0.4) is 0 Å². The molecule has 0 aliphatic carbocycles. The van der Waals surface area contributed by atoms with Crippen LogP contribution >= 0.6 is 12.2 Å². The highest BCUT2D eigenvalue weighted by molar-refractivity contribution is 7.89. The van der Waals surface area contributed by atoms with Gasteiger partial charge in [0.15, 0.2) is 0 Å². The van der Waals surface area contributed by atoms with Gasteiger partial charge in [-0.25, -0.2) is 12.7 Å². The van der Waals surface area contributed by atoms with Crippen molar-refractivity contribution in [3.63, 3.8) is 0 Å². The van der Waals surface area contributed by atoms with Gasteiger partial charge in [-0.1, -0.05) is 18.3 Å². The van der Waals surface area contributed by atoms with Crippen molar-refractivity contribution in [2.75, 3.05) is 13.6 Å². The Hall–Kier alpha value is -1.57. The van der Waals surface area contributed by atoms with Crippen molar-refractivity contribution in [1.29, 1.82) is 0 Å². The molecule has 2 rings (SSSR count). The van der Waals surface area contributed by atoms with Crippen LogP contribution in [0.4, 0.5) is 0 Å². The predicted octanol–water partition coefficient (Wildman–Crippen LogP) is 1.53. The minimum absolute atomic E-state index is 0.244. The Morgan fingerprint density at radius 2 is 2.10 bits per heavy atom. The van der Waals surface area contributed by atoms with Crippen molar-refractivity contribution in [2.24, 2.45) is 5.73 Å². The molecule has 5 nitrogen and oxygen atoms in total. The maximum absolute atomic E-state index is 12.6. The third-order valence-electron chi connectivity index (χ3n) is 2.97. The first-order valence-electron chi connectivity index (χ1n) is 6.01. The molecule has 0 saturated carbocycles. The molecule has 2 aromatic rings. The Bertz CT molecular complexity index is 739. The largest absolute Gasteiger partial charge is 0.393 e. The van der Waals surface area contributed by atoms with Gasteiger partial charge < -0.3 is 5.73 Å². The van der Waals surface area contributed by atoms with E-state index in [0.29, 0.717) is 22.3 Å². The first-order valence-corrected chi connectivity index (χ1v) is 7.86. The molecule has 0 aliphatic heterocycles. The lowest BCUT2D eigenvalue weighted by molar-refractivity contribution is 0.479. The fourth-order valence-electron chi connectivity index (χ4n) is 1.86. The molecule has 1 heterocycles. The van der Waals surface area contributed by atoms with E-state index < -0.39 is 10.0 Å². The summed E-state index contributed by atoms with van der Waals surface area (Å²) in [6.45, 7) is 0.258. The number of thiocarbonyl (C=S) groups is 1. The second-order valence-corrected chi connectivity index (χ2v) is 6.91. The van der Waals surface area contributed by atoms with Crippen molar-refractivity contribution >= 4 is 38.1 Å². The first-order chi connectivity index (χ1) is 9.43. The zero-order valence-electron chi connectivity index (χ0n) is 11.0. The van der Waals surface area contributed by atoms with Crippen LogP contribution in [0.1, 0.15) is 6.42 Å². The number of fused-ring (bicyclic) bond motifs is 1. The van der Waals surface area contributed by atoms with Gasteiger partial charge in [-0.05, 0) is 24.3 Å². The molecule has 0 atom stereocenters. The molecule has 0 unspecified atom stereocenters. The Balaban J connectivity index is 2.44. The number of rotatable bonds is 5. The maximum atomic E-state index is 12.6. The summed E-state index contributed by atoms with van der Waals surface area (Å²) in [6, 6.07) is 8.51. The monoisotopic (exact) mass is 309 g/mol. The van der Waals surface area contributed by atoms with Crippen molar-refractivity contribution in [3.8, 4) is 0 Å². The highest BCUT2D eigenvalue weighted by atomic mass is 32.2. The molecule has 0 aliphatic rings. The normalized spacial score (nSPS) is 11.9.